The summed E-state index contributed by atoms with van der Waals surface area (Å²) in [4.78, 5) is 12.9. The van der Waals surface area contributed by atoms with Crippen molar-refractivity contribution in [2.45, 2.75) is 30.3 Å². The van der Waals surface area contributed by atoms with E-state index >= 15 is 0 Å². The molecule has 1 saturated heterocycles. The van der Waals surface area contributed by atoms with Gasteiger partial charge in [0.05, 0.1) is 4.90 Å². The van der Waals surface area contributed by atoms with Gasteiger partial charge in [-0.3, -0.25) is 4.79 Å². The minimum atomic E-state index is -3.86. The number of fused-ring (bicyclic) bond motifs is 2. The molecule has 31 heavy (non-hydrogen) atoms. The van der Waals surface area contributed by atoms with Gasteiger partial charge in [-0.05, 0) is 42.7 Å². The SMILES string of the molecule is O=C(NCc1ccc2c(c1)OCO2)C1CCCN1S(=O)(=O)c1ccc2c(c1)OCCO2. The molecule has 0 aliphatic carbocycles. The molecule has 2 aromatic rings. The van der Waals surface area contributed by atoms with E-state index in [4.69, 9.17) is 18.9 Å². The molecule has 3 heterocycles. The van der Waals surface area contributed by atoms with Crippen molar-refractivity contribution in [2.24, 2.45) is 0 Å². The Balaban J connectivity index is 1.30. The Morgan fingerprint density at radius 3 is 2.55 bits per heavy atom. The Bertz CT molecular complexity index is 1120. The second-order valence-corrected chi connectivity index (χ2v) is 9.38. The van der Waals surface area contributed by atoms with Crippen LogP contribution < -0.4 is 24.3 Å². The molecule has 1 N–H and O–H groups in total. The van der Waals surface area contributed by atoms with Gasteiger partial charge in [-0.2, -0.15) is 4.31 Å². The van der Waals surface area contributed by atoms with Crippen LogP contribution in [0.2, 0.25) is 0 Å². The van der Waals surface area contributed by atoms with Gasteiger partial charge in [-0.25, -0.2) is 8.42 Å². The minimum absolute atomic E-state index is 0.0900. The highest BCUT2D eigenvalue weighted by Gasteiger charge is 2.39. The van der Waals surface area contributed by atoms with E-state index in [0.29, 0.717) is 55.6 Å². The van der Waals surface area contributed by atoms with Crippen LogP contribution >= 0.6 is 0 Å². The molecule has 5 rings (SSSR count). The van der Waals surface area contributed by atoms with Crippen molar-refractivity contribution in [3.8, 4) is 23.0 Å². The van der Waals surface area contributed by atoms with Crippen molar-refractivity contribution < 1.29 is 32.2 Å². The monoisotopic (exact) mass is 446 g/mol. The number of benzene rings is 2. The van der Waals surface area contributed by atoms with Crippen LogP contribution in [0.4, 0.5) is 0 Å². The van der Waals surface area contributed by atoms with Crippen LogP contribution in [-0.4, -0.2) is 51.2 Å². The standard InChI is InChI=1S/C21H22N2O7S/c24-21(22-12-14-3-5-18-19(10-14)30-13-29-18)16-2-1-7-23(16)31(25,26)15-4-6-17-20(11-15)28-9-8-27-17/h3-6,10-11,16H,1-2,7-9,12-13H2,(H,22,24). The molecule has 164 valence electrons. The van der Waals surface area contributed by atoms with E-state index in [1.807, 2.05) is 6.07 Å². The minimum Gasteiger partial charge on any atom is -0.486 e. The Morgan fingerprint density at radius 2 is 1.68 bits per heavy atom. The predicted molar refractivity (Wildman–Crippen MR) is 109 cm³/mol. The molecule has 1 amide bonds. The maximum Gasteiger partial charge on any atom is 0.243 e. The van der Waals surface area contributed by atoms with Gasteiger partial charge in [-0.1, -0.05) is 6.07 Å². The highest BCUT2D eigenvalue weighted by Crippen LogP contribution is 2.35. The third kappa shape index (κ3) is 3.77. The molecule has 1 fully saturated rings. The van der Waals surface area contributed by atoms with E-state index in [0.717, 1.165) is 5.56 Å². The lowest BCUT2D eigenvalue weighted by Crippen LogP contribution is -2.45. The predicted octanol–water partition coefficient (Wildman–Crippen LogP) is 1.66. The van der Waals surface area contributed by atoms with Crippen molar-refractivity contribution in [1.29, 1.82) is 0 Å². The molecule has 1 atom stereocenters. The topological polar surface area (TPSA) is 103 Å². The quantitative estimate of drug-likeness (QED) is 0.745. The summed E-state index contributed by atoms with van der Waals surface area (Å²) in [7, 11) is -3.86. The number of carbonyl (C=O) groups is 1. The van der Waals surface area contributed by atoms with Gasteiger partial charge in [-0.15, -0.1) is 0 Å². The van der Waals surface area contributed by atoms with Crippen LogP contribution in [0.25, 0.3) is 0 Å². The van der Waals surface area contributed by atoms with Gasteiger partial charge >= 0.3 is 0 Å². The second-order valence-electron chi connectivity index (χ2n) is 7.48. The van der Waals surface area contributed by atoms with Gasteiger partial charge in [0.25, 0.3) is 0 Å². The molecule has 1 unspecified atom stereocenters. The first kappa shape index (κ1) is 20.0. The Morgan fingerprint density at radius 1 is 0.968 bits per heavy atom. The molecule has 0 radical (unpaired) electrons. The van der Waals surface area contributed by atoms with E-state index in [2.05, 4.69) is 5.32 Å². The smallest absolute Gasteiger partial charge is 0.243 e. The summed E-state index contributed by atoms with van der Waals surface area (Å²) in [5.74, 6) is 1.90. The number of sulfonamides is 1. The molecule has 3 aliphatic heterocycles. The zero-order valence-corrected chi connectivity index (χ0v) is 17.5. The molecule has 0 bridgehead atoms. The van der Waals surface area contributed by atoms with Crippen molar-refractivity contribution >= 4 is 15.9 Å². The van der Waals surface area contributed by atoms with E-state index in [1.165, 1.54) is 16.4 Å². The number of ether oxygens (including phenoxy) is 4. The zero-order valence-electron chi connectivity index (χ0n) is 16.7. The molecular formula is C21H22N2O7S. The fraction of sp³-hybridized carbons (Fsp3) is 0.381. The third-order valence-electron chi connectivity index (χ3n) is 5.53. The number of hydrogen-bond donors (Lipinski definition) is 1. The van der Waals surface area contributed by atoms with E-state index < -0.39 is 16.1 Å². The average molecular weight is 446 g/mol. The highest BCUT2D eigenvalue weighted by molar-refractivity contribution is 7.89. The molecular weight excluding hydrogens is 424 g/mol. The first-order valence-corrected chi connectivity index (χ1v) is 11.5. The molecule has 9 nitrogen and oxygen atoms in total. The summed E-state index contributed by atoms with van der Waals surface area (Å²) < 4.78 is 49.4. The molecule has 0 saturated carbocycles. The van der Waals surface area contributed by atoms with E-state index in [-0.39, 0.29) is 24.1 Å². The van der Waals surface area contributed by atoms with Gasteiger partial charge in [0.2, 0.25) is 22.7 Å². The van der Waals surface area contributed by atoms with Gasteiger partial charge in [0, 0.05) is 19.2 Å². The van der Waals surface area contributed by atoms with Crippen molar-refractivity contribution in [1.82, 2.24) is 9.62 Å². The number of nitrogens with one attached hydrogen (secondary N) is 1. The van der Waals surface area contributed by atoms with E-state index in [1.54, 1.807) is 18.2 Å². The normalized spacial score (nSPS) is 19.9. The van der Waals surface area contributed by atoms with Crippen LogP contribution in [0.15, 0.2) is 41.3 Å². The maximum absolute atomic E-state index is 13.3. The summed E-state index contributed by atoms with van der Waals surface area (Å²) in [5.41, 5.74) is 0.844. The average Bonchev–Trinajstić information content (AvgIpc) is 3.46. The van der Waals surface area contributed by atoms with Crippen molar-refractivity contribution in [2.75, 3.05) is 26.6 Å². The van der Waals surface area contributed by atoms with Crippen LogP contribution in [0.1, 0.15) is 18.4 Å². The third-order valence-corrected chi connectivity index (χ3v) is 7.43. The van der Waals surface area contributed by atoms with Crippen LogP contribution in [0.3, 0.4) is 0 Å². The zero-order chi connectivity index (χ0) is 21.4. The summed E-state index contributed by atoms with van der Waals surface area (Å²) in [6.07, 6.45) is 1.09. The first-order chi connectivity index (χ1) is 15.0. The summed E-state index contributed by atoms with van der Waals surface area (Å²) in [6, 6.07) is 9.22. The van der Waals surface area contributed by atoms with Crippen LogP contribution in [0, 0.1) is 0 Å². The second kappa shape index (κ2) is 7.93. The lowest BCUT2D eigenvalue weighted by Gasteiger charge is -2.24. The number of amides is 1. The van der Waals surface area contributed by atoms with Crippen molar-refractivity contribution in [3.05, 3.63) is 42.0 Å². The lowest BCUT2D eigenvalue weighted by molar-refractivity contribution is -0.124. The number of carbonyl (C=O) groups excluding carboxylic acids is 1. The first-order valence-electron chi connectivity index (χ1n) is 10.1. The lowest BCUT2D eigenvalue weighted by atomic mass is 10.2. The van der Waals surface area contributed by atoms with Crippen LogP contribution in [0.5, 0.6) is 23.0 Å². The summed E-state index contributed by atoms with van der Waals surface area (Å²) in [6.45, 7) is 1.53. The number of nitrogens with zero attached hydrogens (tertiary/aromatic N) is 1. The molecule has 3 aliphatic rings. The van der Waals surface area contributed by atoms with Gasteiger partial charge in [0.1, 0.15) is 19.3 Å². The van der Waals surface area contributed by atoms with E-state index in [9.17, 15) is 13.2 Å². The maximum atomic E-state index is 13.3. The Labute approximate surface area is 179 Å². The molecule has 0 spiro atoms. The molecule has 2 aromatic carbocycles. The highest BCUT2D eigenvalue weighted by atomic mass is 32.2. The fourth-order valence-electron chi connectivity index (χ4n) is 3.97. The Kier molecular flexibility index (Phi) is 5.11. The molecule has 0 aromatic heterocycles. The van der Waals surface area contributed by atoms with Gasteiger partial charge in [0.15, 0.2) is 23.0 Å². The fourth-order valence-corrected chi connectivity index (χ4v) is 5.64. The summed E-state index contributed by atoms with van der Waals surface area (Å²) >= 11 is 0. The number of hydrogen-bond acceptors (Lipinski definition) is 7. The largest absolute Gasteiger partial charge is 0.486 e. The van der Waals surface area contributed by atoms with Crippen LogP contribution in [-0.2, 0) is 21.4 Å². The van der Waals surface area contributed by atoms with Gasteiger partial charge < -0.3 is 24.3 Å². The van der Waals surface area contributed by atoms with Crippen molar-refractivity contribution in [3.63, 3.8) is 0 Å². The Hall–Kier alpha value is -2.98. The number of rotatable bonds is 5. The summed E-state index contributed by atoms with van der Waals surface area (Å²) in [5, 5.41) is 2.85. The molecule has 10 heteroatoms.